The molecular formula is C18H26. The molecule has 0 heteroatoms. The largest absolute Gasteiger partial charge is 0.0591 e. The summed E-state index contributed by atoms with van der Waals surface area (Å²) in [6.07, 6.45) is 4.28. The maximum Gasteiger partial charge on any atom is -0.00972 e. The maximum absolute atomic E-state index is 2.55. The molecule has 0 saturated heterocycles. The molecule has 98 valence electrons. The average molecular weight is 242 g/mol. The van der Waals surface area contributed by atoms with Gasteiger partial charge in [-0.15, -0.1) is 0 Å². The summed E-state index contributed by atoms with van der Waals surface area (Å²) >= 11 is 0. The van der Waals surface area contributed by atoms with E-state index < -0.39 is 0 Å². The summed E-state index contributed by atoms with van der Waals surface area (Å²) in [4.78, 5) is 0. The Bertz CT molecular complexity index is 483. The van der Waals surface area contributed by atoms with E-state index in [4.69, 9.17) is 0 Å². The molecule has 3 rings (SSSR count). The van der Waals surface area contributed by atoms with Crippen LogP contribution in [0.15, 0.2) is 18.2 Å². The lowest BCUT2D eigenvalue weighted by atomic mass is 9.64. The van der Waals surface area contributed by atoms with Crippen molar-refractivity contribution in [1.29, 1.82) is 0 Å². The van der Waals surface area contributed by atoms with Gasteiger partial charge in [0, 0.05) is 0 Å². The fourth-order valence-electron chi connectivity index (χ4n) is 4.81. The van der Waals surface area contributed by atoms with Gasteiger partial charge >= 0.3 is 0 Å². The highest BCUT2D eigenvalue weighted by molar-refractivity contribution is 5.37. The quantitative estimate of drug-likeness (QED) is 0.632. The Labute approximate surface area is 112 Å². The number of hydrogen-bond donors (Lipinski definition) is 0. The summed E-state index contributed by atoms with van der Waals surface area (Å²) in [5.74, 6) is 1.72. The van der Waals surface area contributed by atoms with Crippen molar-refractivity contribution >= 4 is 0 Å². The third kappa shape index (κ3) is 1.38. The van der Waals surface area contributed by atoms with E-state index in [2.05, 4.69) is 52.8 Å². The van der Waals surface area contributed by atoms with Gasteiger partial charge in [-0.2, -0.15) is 0 Å². The molecule has 1 unspecified atom stereocenters. The van der Waals surface area contributed by atoms with Gasteiger partial charge in [0.05, 0.1) is 0 Å². The molecule has 3 atom stereocenters. The topological polar surface area (TPSA) is 0 Å². The second-order valence-electron chi connectivity index (χ2n) is 7.52. The molecule has 0 amide bonds. The normalized spacial score (nSPS) is 37.2. The van der Waals surface area contributed by atoms with Crippen LogP contribution in [0.4, 0.5) is 0 Å². The van der Waals surface area contributed by atoms with E-state index in [-0.39, 0.29) is 0 Å². The fourth-order valence-corrected chi connectivity index (χ4v) is 4.81. The van der Waals surface area contributed by atoms with Crippen LogP contribution in [-0.2, 0) is 0 Å². The number of fused-ring (bicyclic) bond motifs is 2. The first-order chi connectivity index (χ1) is 8.36. The predicted octanol–water partition coefficient (Wildman–Crippen LogP) is 5.23. The zero-order chi connectivity index (χ0) is 13.1. The molecule has 1 aromatic rings. The highest BCUT2D eigenvalue weighted by atomic mass is 14.7. The molecule has 0 aliphatic heterocycles. The van der Waals surface area contributed by atoms with Gasteiger partial charge in [0.2, 0.25) is 0 Å². The lowest BCUT2D eigenvalue weighted by Gasteiger charge is -2.40. The van der Waals surface area contributed by atoms with Gasteiger partial charge in [-0.3, -0.25) is 0 Å². The third-order valence-corrected chi connectivity index (χ3v) is 6.60. The van der Waals surface area contributed by atoms with Crippen LogP contribution in [0.3, 0.4) is 0 Å². The molecule has 2 aliphatic rings. The zero-order valence-corrected chi connectivity index (χ0v) is 12.5. The van der Waals surface area contributed by atoms with Crippen LogP contribution in [0.1, 0.15) is 62.6 Å². The number of rotatable bonds is 1. The minimum absolute atomic E-state index is 0.510. The molecule has 0 nitrogen and oxygen atoms in total. The summed E-state index contributed by atoms with van der Waals surface area (Å²) in [6, 6.07) is 7.01. The first-order valence-corrected chi connectivity index (χ1v) is 7.43. The zero-order valence-electron chi connectivity index (χ0n) is 12.5. The third-order valence-electron chi connectivity index (χ3n) is 6.60. The number of hydrogen-bond acceptors (Lipinski definition) is 0. The van der Waals surface area contributed by atoms with Crippen molar-refractivity contribution in [1.82, 2.24) is 0 Å². The minimum atomic E-state index is 0.510. The first-order valence-electron chi connectivity index (χ1n) is 7.43. The Morgan fingerprint density at radius 2 is 1.83 bits per heavy atom. The number of aryl methyl sites for hydroxylation is 2. The second kappa shape index (κ2) is 3.62. The monoisotopic (exact) mass is 242 g/mol. The Morgan fingerprint density at radius 3 is 2.39 bits per heavy atom. The second-order valence-corrected chi connectivity index (χ2v) is 7.52. The first kappa shape index (κ1) is 12.3. The molecular weight excluding hydrogens is 216 g/mol. The van der Waals surface area contributed by atoms with E-state index in [1.807, 2.05) is 0 Å². The van der Waals surface area contributed by atoms with Gasteiger partial charge in [0.1, 0.15) is 0 Å². The molecule has 0 N–H and O–H groups in total. The Morgan fingerprint density at radius 1 is 1.11 bits per heavy atom. The van der Waals surface area contributed by atoms with Gasteiger partial charge in [0.25, 0.3) is 0 Å². The summed E-state index contributed by atoms with van der Waals surface area (Å²) < 4.78 is 0. The minimum Gasteiger partial charge on any atom is -0.0591 e. The maximum atomic E-state index is 2.55. The molecule has 1 aromatic carbocycles. The highest BCUT2D eigenvalue weighted by Gasteiger charge is 2.61. The lowest BCUT2D eigenvalue weighted by molar-refractivity contribution is 0.134. The van der Waals surface area contributed by atoms with Crippen molar-refractivity contribution in [2.75, 3.05) is 0 Å². The van der Waals surface area contributed by atoms with E-state index in [9.17, 15) is 0 Å². The van der Waals surface area contributed by atoms with Crippen LogP contribution in [0.5, 0.6) is 0 Å². The Balaban J connectivity index is 2.07. The van der Waals surface area contributed by atoms with Crippen molar-refractivity contribution < 1.29 is 0 Å². The van der Waals surface area contributed by atoms with Crippen molar-refractivity contribution in [2.45, 2.75) is 59.8 Å². The van der Waals surface area contributed by atoms with Gasteiger partial charge in [-0.05, 0) is 66.9 Å². The molecule has 0 radical (unpaired) electrons. The molecule has 0 heterocycles. The molecule has 18 heavy (non-hydrogen) atoms. The van der Waals surface area contributed by atoms with Crippen molar-refractivity contribution in [3.05, 3.63) is 34.9 Å². The predicted molar refractivity (Wildman–Crippen MR) is 77.9 cm³/mol. The Hall–Kier alpha value is -0.780. The van der Waals surface area contributed by atoms with E-state index in [0.717, 1.165) is 11.8 Å². The molecule has 2 fully saturated rings. The van der Waals surface area contributed by atoms with Gasteiger partial charge in [-0.1, -0.05) is 44.5 Å². The van der Waals surface area contributed by atoms with Crippen molar-refractivity contribution in [3.63, 3.8) is 0 Å². The summed E-state index contributed by atoms with van der Waals surface area (Å²) in [6.45, 7) is 12.1. The van der Waals surface area contributed by atoms with Crippen molar-refractivity contribution in [2.24, 2.45) is 16.7 Å². The number of benzene rings is 1. The van der Waals surface area contributed by atoms with Crippen LogP contribution >= 0.6 is 0 Å². The van der Waals surface area contributed by atoms with Crippen molar-refractivity contribution in [3.8, 4) is 0 Å². The van der Waals surface area contributed by atoms with Gasteiger partial charge in [-0.25, -0.2) is 0 Å². The van der Waals surface area contributed by atoms with E-state index in [1.165, 1.54) is 30.4 Å². The van der Waals surface area contributed by atoms with Gasteiger partial charge < -0.3 is 0 Å². The van der Waals surface area contributed by atoms with Crippen LogP contribution in [0.2, 0.25) is 0 Å². The van der Waals surface area contributed by atoms with Crippen LogP contribution < -0.4 is 0 Å². The molecule has 0 aromatic heterocycles. The molecule has 2 saturated carbocycles. The summed E-state index contributed by atoms with van der Waals surface area (Å²) in [7, 11) is 0. The molecule has 0 spiro atoms. The van der Waals surface area contributed by atoms with E-state index >= 15 is 0 Å². The average Bonchev–Trinajstić information content (AvgIpc) is 2.64. The smallest absolute Gasteiger partial charge is 0.00972 e. The van der Waals surface area contributed by atoms with Crippen LogP contribution in [0, 0.1) is 30.6 Å². The van der Waals surface area contributed by atoms with E-state index in [1.54, 1.807) is 5.56 Å². The lowest BCUT2D eigenvalue weighted by Crippen LogP contribution is -2.31. The van der Waals surface area contributed by atoms with Gasteiger partial charge in [0.15, 0.2) is 0 Å². The van der Waals surface area contributed by atoms with Crippen LogP contribution in [0.25, 0.3) is 0 Å². The van der Waals surface area contributed by atoms with Crippen LogP contribution in [-0.4, -0.2) is 0 Å². The fraction of sp³-hybridized carbons (Fsp3) is 0.667. The standard InChI is InChI=1S/C18H26/c1-12-6-7-13(2)15(10-12)16-11-14-8-9-18(16,5)17(14,3)4/h6-7,10,14,16H,8-9,11H2,1-5H3/t14-,16?,18-/m1/s1. The highest BCUT2D eigenvalue weighted by Crippen LogP contribution is 2.71. The SMILES string of the molecule is Cc1ccc(C)c(C2C[C@H]3CC[C@@]2(C)C3(C)C)c1. The molecule has 2 aliphatic carbocycles. The summed E-state index contributed by atoms with van der Waals surface area (Å²) in [5.41, 5.74) is 5.58. The summed E-state index contributed by atoms with van der Waals surface area (Å²) in [5, 5.41) is 0. The molecule has 2 bridgehead atoms. The van der Waals surface area contributed by atoms with E-state index in [0.29, 0.717) is 10.8 Å². The Kier molecular flexibility index (Phi) is 2.47.